The van der Waals surface area contributed by atoms with Crippen molar-refractivity contribution in [2.45, 2.75) is 18.4 Å². The third-order valence-corrected chi connectivity index (χ3v) is 4.62. The molecule has 1 heterocycles. The Morgan fingerprint density at radius 1 is 1.12 bits per heavy atom. The fourth-order valence-corrected chi connectivity index (χ4v) is 2.92. The molecule has 1 N–H and O–H groups in total. The molecule has 0 unspecified atom stereocenters. The lowest BCUT2D eigenvalue weighted by molar-refractivity contribution is 0.102. The number of benzene rings is 2. The zero-order valence-corrected chi connectivity index (χ0v) is 15.5. The molecule has 0 saturated carbocycles. The Kier molecular flexibility index (Phi) is 5.92. The van der Waals surface area contributed by atoms with Gasteiger partial charge in [-0.1, -0.05) is 18.2 Å². The van der Waals surface area contributed by atoms with Crippen LogP contribution in [-0.2, 0) is 6.61 Å². The molecule has 132 valence electrons. The highest BCUT2D eigenvalue weighted by Crippen LogP contribution is 2.22. The normalized spacial score (nSPS) is 10.4. The van der Waals surface area contributed by atoms with Crippen molar-refractivity contribution in [2.75, 3.05) is 11.6 Å². The predicted molar refractivity (Wildman–Crippen MR) is 106 cm³/mol. The average Bonchev–Trinajstić information content (AvgIpc) is 2.68. The maximum atomic E-state index is 12.6. The number of hydrogen-bond acceptors (Lipinski definition) is 4. The zero-order chi connectivity index (χ0) is 18.4. The molecule has 0 atom stereocenters. The SMILES string of the molecule is CSc1ccc(C)c(C(=O)Nc2cccc(OCc3ccccn3)c2)c1. The summed E-state index contributed by atoms with van der Waals surface area (Å²) in [5.74, 6) is 0.559. The minimum atomic E-state index is -0.125. The van der Waals surface area contributed by atoms with Gasteiger partial charge in [0.25, 0.3) is 5.91 Å². The lowest BCUT2D eigenvalue weighted by Crippen LogP contribution is -2.13. The minimum absolute atomic E-state index is 0.125. The molecular weight excluding hydrogens is 344 g/mol. The van der Waals surface area contributed by atoms with E-state index >= 15 is 0 Å². The number of hydrogen-bond donors (Lipinski definition) is 1. The molecule has 2 aromatic carbocycles. The van der Waals surface area contributed by atoms with Gasteiger partial charge in [-0.3, -0.25) is 9.78 Å². The van der Waals surface area contributed by atoms with Crippen molar-refractivity contribution >= 4 is 23.4 Å². The molecule has 0 aliphatic carbocycles. The average molecular weight is 364 g/mol. The molecule has 0 saturated heterocycles. The van der Waals surface area contributed by atoms with Crippen LogP contribution in [-0.4, -0.2) is 17.1 Å². The lowest BCUT2D eigenvalue weighted by Gasteiger charge is -2.11. The number of anilines is 1. The first-order valence-electron chi connectivity index (χ1n) is 8.24. The Labute approximate surface area is 157 Å². The Morgan fingerprint density at radius 2 is 2.00 bits per heavy atom. The highest BCUT2D eigenvalue weighted by molar-refractivity contribution is 7.98. The number of aryl methyl sites for hydroxylation is 1. The third kappa shape index (κ3) is 4.64. The summed E-state index contributed by atoms with van der Waals surface area (Å²) in [6, 6.07) is 19.0. The summed E-state index contributed by atoms with van der Waals surface area (Å²) in [4.78, 5) is 17.9. The minimum Gasteiger partial charge on any atom is -0.487 e. The number of amides is 1. The van der Waals surface area contributed by atoms with E-state index in [0.717, 1.165) is 16.2 Å². The highest BCUT2D eigenvalue weighted by atomic mass is 32.2. The van der Waals surface area contributed by atoms with E-state index in [0.29, 0.717) is 23.6 Å². The highest BCUT2D eigenvalue weighted by Gasteiger charge is 2.11. The van der Waals surface area contributed by atoms with Crippen molar-refractivity contribution < 1.29 is 9.53 Å². The van der Waals surface area contributed by atoms with E-state index in [-0.39, 0.29) is 5.91 Å². The number of ether oxygens (including phenoxy) is 1. The number of nitrogens with one attached hydrogen (secondary N) is 1. The number of rotatable bonds is 6. The number of thioether (sulfide) groups is 1. The Balaban J connectivity index is 1.69. The van der Waals surface area contributed by atoms with E-state index in [1.54, 1.807) is 18.0 Å². The zero-order valence-electron chi connectivity index (χ0n) is 14.7. The number of pyridine rings is 1. The maximum absolute atomic E-state index is 12.6. The summed E-state index contributed by atoms with van der Waals surface area (Å²) < 4.78 is 5.76. The van der Waals surface area contributed by atoms with Crippen molar-refractivity contribution in [1.29, 1.82) is 0 Å². The lowest BCUT2D eigenvalue weighted by atomic mass is 10.1. The third-order valence-electron chi connectivity index (χ3n) is 3.89. The summed E-state index contributed by atoms with van der Waals surface area (Å²) in [5.41, 5.74) is 3.17. The molecule has 0 aliphatic rings. The summed E-state index contributed by atoms with van der Waals surface area (Å²) in [7, 11) is 0. The van der Waals surface area contributed by atoms with Gasteiger partial charge in [-0.15, -0.1) is 11.8 Å². The number of aromatic nitrogens is 1. The van der Waals surface area contributed by atoms with E-state index in [1.165, 1.54) is 0 Å². The molecule has 1 amide bonds. The molecule has 0 fully saturated rings. The van der Waals surface area contributed by atoms with Gasteiger partial charge in [0.15, 0.2) is 0 Å². The van der Waals surface area contributed by atoms with Gasteiger partial charge in [0.2, 0.25) is 0 Å². The molecule has 0 bridgehead atoms. The standard InChI is InChI=1S/C21H20N2O2S/c1-15-9-10-19(26-2)13-20(15)21(24)23-16-7-5-8-18(12-16)25-14-17-6-3-4-11-22-17/h3-13H,14H2,1-2H3,(H,23,24). The van der Waals surface area contributed by atoms with Crippen LogP contribution in [0.2, 0.25) is 0 Å². The topological polar surface area (TPSA) is 51.2 Å². The maximum Gasteiger partial charge on any atom is 0.255 e. The van der Waals surface area contributed by atoms with Gasteiger partial charge < -0.3 is 10.1 Å². The molecule has 3 aromatic rings. The van der Waals surface area contributed by atoms with Gasteiger partial charge >= 0.3 is 0 Å². The quantitative estimate of drug-likeness (QED) is 0.629. The van der Waals surface area contributed by atoms with E-state index in [2.05, 4.69) is 10.3 Å². The number of carbonyl (C=O) groups excluding carboxylic acids is 1. The second kappa shape index (κ2) is 8.54. The van der Waals surface area contributed by atoms with Crippen LogP contribution >= 0.6 is 11.8 Å². The van der Waals surface area contributed by atoms with E-state index in [4.69, 9.17) is 4.74 Å². The smallest absolute Gasteiger partial charge is 0.255 e. The molecule has 4 nitrogen and oxygen atoms in total. The van der Waals surface area contributed by atoms with Crippen molar-refractivity contribution in [3.63, 3.8) is 0 Å². The van der Waals surface area contributed by atoms with Crippen LogP contribution in [0.4, 0.5) is 5.69 Å². The second-order valence-electron chi connectivity index (χ2n) is 5.77. The molecule has 26 heavy (non-hydrogen) atoms. The van der Waals surface area contributed by atoms with Crippen molar-refractivity contribution in [2.24, 2.45) is 0 Å². The van der Waals surface area contributed by atoms with Gasteiger partial charge in [0, 0.05) is 28.4 Å². The van der Waals surface area contributed by atoms with Crippen molar-refractivity contribution in [1.82, 2.24) is 4.98 Å². The first-order chi connectivity index (χ1) is 12.7. The van der Waals surface area contributed by atoms with Crippen LogP contribution in [0.5, 0.6) is 5.75 Å². The van der Waals surface area contributed by atoms with Crippen LogP contribution in [0.3, 0.4) is 0 Å². The first kappa shape index (κ1) is 18.0. The second-order valence-corrected chi connectivity index (χ2v) is 6.65. The van der Waals surface area contributed by atoms with Crippen LogP contribution in [0.15, 0.2) is 71.8 Å². The fourth-order valence-electron chi connectivity index (χ4n) is 2.48. The summed E-state index contributed by atoms with van der Waals surface area (Å²) in [6.45, 7) is 2.32. The van der Waals surface area contributed by atoms with E-state index in [1.807, 2.05) is 73.8 Å². The summed E-state index contributed by atoms with van der Waals surface area (Å²) in [5, 5.41) is 2.95. The fraction of sp³-hybridized carbons (Fsp3) is 0.143. The van der Waals surface area contributed by atoms with Crippen LogP contribution in [0.25, 0.3) is 0 Å². The number of carbonyl (C=O) groups is 1. The van der Waals surface area contributed by atoms with E-state index < -0.39 is 0 Å². The van der Waals surface area contributed by atoms with Gasteiger partial charge in [-0.05, 0) is 55.1 Å². The van der Waals surface area contributed by atoms with Crippen molar-refractivity contribution in [3.05, 3.63) is 83.7 Å². The van der Waals surface area contributed by atoms with Gasteiger partial charge in [0.1, 0.15) is 12.4 Å². The van der Waals surface area contributed by atoms with Gasteiger partial charge in [-0.25, -0.2) is 0 Å². The molecule has 1 aromatic heterocycles. The Hall–Kier alpha value is -2.79. The molecule has 5 heteroatoms. The monoisotopic (exact) mass is 364 g/mol. The molecular formula is C21H20N2O2S. The predicted octanol–water partition coefficient (Wildman–Crippen LogP) is 4.94. The molecule has 0 spiro atoms. The number of nitrogens with zero attached hydrogens (tertiary/aromatic N) is 1. The Morgan fingerprint density at radius 3 is 2.77 bits per heavy atom. The van der Waals surface area contributed by atoms with Crippen LogP contribution < -0.4 is 10.1 Å². The summed E-state index contributed by atoms with van der Waals surface area (Å²) in [6.07, 6.45) is 3.73. The van der Waals surface area contributed by atoms with Crippen molar-refractivity contribution in [3.8, 4) is 5.75 Å². The molecule has 0 radical (unpaired) electrons. The Bertz CT molecular complexity index is 898. The first-order valence-corrected chi connectivity index (χ1v) is 9.47. The van der Waals surface area contributed by atoms with Crippen LogP contribution in [0.1, 0.15) is 21.6 Å². The van der Waals surface area contributed by atoms with E-state index in [9.17, 15) is 4.79 Å². The largest absolute Gasteiger partial charge is 0.487 e. The van der Waals surface area contributed by atoms with Gasteiger partial charge in [0.05, 0.1) is 5.69 Å². The summed E-state index contributed by atoms with van der Waals surface area (Å²) >= 11 is 1.62. The van der Waals surface area contributed by atoms with Gasteiger partial charge in [-0.2, -0.15) is 0 Å². The molecule has 3 rings (SSSR count). The van der Waals surface area contributed by atoms with Crippen LogP contribution in [0, 0.1) is 6.92 Å². The molecule has 0 aliphatic heterocycles.